The number of sulfonamides is 1. The third-order valence-electron chi connectivity index (χ3n) is 3.38. The molecule has 0 aromatic carbocycles. The van der Waals surface area contributed by atoms with E-state index in [4.69, 9.17) is 0 Å². The fourth-order valence-corrected chi connectivity index (χ4v) is 2.86. The van der Waals surface area contributed by atoms with Crippen LogP contribution in [0.2, 0.25) is 0 Å². The van der Waals surface area contributed by atoms with E-state index in [0.29, 0.717) is 18.5 Å². The molecule has 96 valence electrons. The molecular formula is C11H24N2O2S. The summed E-state index contributed by atoms with van der Waals surface area (Å²) in [6.07, 6.45) is 3.52. The topological polar surface area (TPSA) is 58.2 Å². The van der Waals surface area contributed by atoms with Crippen LogP contribution in [-0.4, -0.2) is 32.8 Å². The third-order valence-corrected chi connectivity index (χ3v) is 5.19. The zero-order valence-corrected chi connectivity index (χ0v) is 11.3. The number of nitrogens with one attached hydrogen (secondary N) is 2. The van der Waals surface area contributed by atoms with Crippen LogP contribution >= 0.6 is 0 Å². The Balaban J connectivity index is 2.47. The van der Waals surface area contributed by atoms with Gasteiger partial charge >= 0.3 is 0 Å². The molecule has 0 radical (unpaired) electrons. The normalized spacial score (nSPS) is 27.2. The summed E-state index contributed by atoms with van der Waals surface area (Å²) in [5.74, 6) is 0.601. The molecule has 4 nitrogen and oxygen atoms in total. The summed E-state index contributed by atoms with van der Waals surface area (Å²) in [7, 11) is -3.12. The van der Waals surface area contributed by atoms with Crippen LogP contribution in [0.5, 0.6) is 0 Å². The molecule has 2 N–H and O–H groups in total. The van der Waals surface area contributed by atoms with Gasteiger partial charge in [-0.1, -0.05) is 13.3 Å². The summed E-state index contributed by atoms with van der Waals surface area (Å²) in [5.41, 5.74) is 0. The zero-order valence-electron chi connectivity index (χ0n) is 10.5. The van der Waals surface area contributed by atoms with Gasteiger partial charge in [-0.3, -0.25) is 0 Å². The molecule has 0 amide bonds. The van der Waals surface area contributed by atoms with Gasteiger partial charge in [0.25, 0.3) is 0 Å². The average molecular weight is 248 g/mol. The highest BCUT2D eigenvalue weighted by atomic mass is 32.2. The van der Waals surface area contributed by atoms with Gasteiger partial charge in [-0.25, -0.2) is 13.1 Å². The van der Waals surface area contributed by atoms with Crippen molar-refractivity contribution in [2.45, 2.75) is 51.3 Å². The molecule has 5 heteroatoms. The maximum absolute atomic E-state index is 11.6. The van der Waals surface area contributed by atoms with Crippen LogP contribution in [0, 0.1) is 5.92 Å². The lowest BCUT2D eigenvalue weighted by Gasteiger charge is -2.32. The molecule has 0 bridgehead atoms. The zero-order chi connectivity index (χ0) is 12.2. The predicted octanol–water partition coefficient (Wildman–Crippen LogP) is 1.09. The van der Waals surface area contributed by atoms with Gasteiger partial charge in [-0.15, -0.1) is 0 Å². The molecule has 2 atom stereocenters. The SMILES string of the molecule is CCC1CCCNC1CNS(=O)(=O)C(C)C. The van der Waals surface area contributed by atoms with Crippen molar-refractivity contribution in [3.63, 3.8) is 0 Å². The predicted molar refractivity (Wildman–Crippen MR) is 66.9 cm³/mol. The van der Waals surface area contributed by atoms with Crippen molar-refractivity contribution in [2.24, 2.45) is 5.92 Å². The van der Waals surface area contributed by atoms with Gasteiger partial charge in [-0.2, -0.15) is 0 Å². The van der Waals surface area contributed by atoms with Crippen LogP contribution in [0.1, 0.15) is 40.0 Å². The average Bonchev–Trinajstić information content (AvgIpc) is 2.26. The van der Waals surface area contributed by atoms with E-state index in [1.54, 1.807) is 13.8 Å². The Labute approximate surface area is 99.2 Å². The quantitative estimate of drug-likeness (QED) is 0.766. The first-order valence-corrected chi connectivity index (χ1v) is 7.74. The molecule has 0 aromatic rings. The molecule has 0 aromatic heterocycles. The first-order valence-electron chi connectivity index (χ1n) is 6.19. The summed E-state index contributed by atoms with van der Waals surface area (Å²) >= 11 is 0. The van der Waals surface area contributed by atoms with Crippen LogP contribution in [0.15, 0.2) is 0 Å². The molecule has 0 saturated carbocycles. The second-order valence-corrected chi connectivity index (χ2v) is 7.13. The second-order valence-electron chi connectivity index (χ2n) is 4.81. The fourth-order valence-electron chi connectivity index (χ4n) is 2.12. The van der Waals surface area contributed by atoms with E-state index in [1.165, 1.54) is 12.8 Å². The van der Waals surface area contributed by atoms with Gasteiger partial charge in [0.1, 0.15) is 0 Å². The van der Waals surface area contributed by atoms with Crippen molar-refractivity contribution in [2.75, 3.05) is 13.1 Å². The first kappa shape index (κ1) is 13.9. The van der Waals surface area contributed by atoms with Crippen LogP contribution in [0.25, 0.3) is 0 Å². The molecule has 0 spiro atoms. The minimum absolute atomic E-state index is 0.298. The Morgan fingerprint density at radius 1 is 1.44 bits per heavy atom. The summed E-state index contributed by atoms with van der Waals surface area (Å²) < 4.78 is 26.0. The van der Waals surface area contributed by atoms with Crippen molar-refractivity contribution < 1.29 is 8.42 Å². The molecule has 1 aliphatic rings. The molecule has 16 heavy (non-hydrogen) atoms. The Hall–Kier alpha value is -0.130. The second kappa shape index (κ2) is 5.98. The molecule has 1 saturated heterocycles. The van der Waals surface area contributed by atoms with Crippen LogP contribution < -0.4 is 10.0 Å². The van der Waals surface area contributed by atoms with Crippen molar-refractivity contribution in [3.8, 4) is 0 Å². The number of hydrogen-bond acceptors (Lipinski definition) is 3. The van der Waals surface area contributed by atoms with Gasteiger partial charge in [0.05, 0.1) is 5.25 Å². The number of rotatable bonds is 5. The minimum atomic E-state index is -3.12. The summed E-state index contributed by atoms with van der Waals surface area (Å²) in [6, 6.07) is 0.298. The first-order chi connectivity index (χ1) is 7.47. The minimum Gasteiger partial charge on any atom is -0.312 e. The Bertz CT molecular complexity index is 301. The van der Waals surface area contributed by atoms with E-state index in [0.717, 1.165) is 13.0 Å². The highest BCUT2D eigenvalue weighted by Crippen LogP contribution is 2.19. The molecule has 0 aliphatic carbocycles. The molecule has 1 heterocycles. The fraction of sp³-hybridized carbons (Fsp3) is 1.00. The van der Waals surface area contributed by atoms with E-state index in [-0.39, 0.29) is 5.25 Å². The maximum Gasteiger partial charge on any atom is 0.213 e. The molecule has 1 aliphatic heterocycles. The number of piperidine rings is 1. The van der Waals surface area contributed by atoms with E-state index >= 15 is 0 Å². The highest BCUT2D eigenvalue weighted by molar-refractivity contribution is 7.90. The lowest BCUT2D eigenvalue weighted by molar-refractivity contribution is 0.273. The van der Waals surface area contributed by atoms with E-state index in [1.807, 2.05) is 0 Å². The molecule has 1 rings (SSSR count). The Morgan fingerprint density at radius 2 is 2.12 bits per heavy atom. The highest BCUT2D eigenvalue weighted by Gasteiger charge is 2.25. The largest absolute Gasteiger partial charge is 0.312 e. The Kier molecular flexibility index (Phi) is 5.21. The van der Waals surface area contributed by atoms with Gasteiger partial charge < -0.3 is 5.32 Å². The van der Waals surface area contributed by atoms with Crippen molar-refractivity contribution in [1.82, 2.24) is 10.0 Å². The van der Waals surface area contributed by atoms with Crippen molar-refractivity contribution >= 4 is 10.0 Å². The Morgan fingerprint density at radius 3 is 2.69 bits per heavy atom. The lowest BCUT2D eigenvalue weighted by Crippen LogP contribution is -2.49. The molecule has 2 unspecified atom stereocenters. The summed E-state index contributed by atoms with van der Waals surface area (Å²) in [4.78, 5) is 0. The van der Waals surface area contributed by atoms with Gasteiger partial charge in [0.15, 0.2) is 0 Å². The van der Waals surface area contributed by atoms with Crippen LogP contribution in [0.4, 0.5) is 0 Å². The third kappa shape index (κ3) is 3.71. The standard InChI is InChI=1S/C11H24N2O2S/c1-4-10-6-5-7-12-11(10)8-13-16(14,15)9(2)3/h9-13H,4-8H2,1-3H3. The maximum atomic E-state index is 11.6. The lowest BCUT2D eigenvalue weighted by atomic mass is 9.89. The van der Waals surface area contributed by atoms with Crippen molar-refractivity contribution in [3.05, 3.63) is 0 Å². The van der Waals surface area contributed by atoms with Crippen LogP contribution in [-0.2, 0) is 10.0 Å². The van der Waals surface area contributed by atoms with Gasteiger partial charge in [-0.05, 0) is 39.2 Å². The molecular weight excluding hydrogens is 224 g/mol. The van der Waals surface area contributed by atoms with E-state index < -0.39 is 10.0 Å². The van der Waals surface area contributed by atoms with Crippen molar-refractivity contribution in [1.29, 1.82) is 0 Å². The van der Waals surface area contributed by atoms with Crippen LogP contribution in [0.3, 0.4) is 0 Å². The molecule has 1 fully saturated rings. The van der Waals surface area contributed by atoms with E-state index in [2.05, 4.69) is 17.0 Å². The van der Waals surface area contributed by atoms with E-state index in [9.17, 15) is 8.42 Å². The monoisotopic (exact) mass is 248 g/mol. The summed E-state index contributed by atoms with van der Waals surface area (Å²) in [5, 5.41) is 3.05. The summed E-state index contributed by atoms with van der Waals surface area (Å²) in [6.45, 7) is 7.10. The van der Waals surface area contributed by atoms with Gasteiger partial charge in [0, 0.05) is 12.6 Å². The van der Waals surface area contributed by atoms with Gasteiger partial charge in [0.2, 0.25) is 10.0 Å². The smallest absolute Gasteiger partial charge is 0.213 e. The number of hydrogen-bond donors (Lipinski definition) is 2.